The van der Waals surface area contributed by atoms with Crippen molar-refractivity contribution in [2.75, 3.05) is 23.8 Å². The molecule has 2 aromatic carbocycles. The van der Waals surface area contributed by atoms with Crippen LogP contribution in [0.3, 0.4) is 0 Å². The first-order chi connectivity index (χ1) is 17.3. The van der Waals surface area contributed by atoms with E-state index in [9.17, 15) is 18.0 Å². The number of carbonyl (C=O) groups is 2. The van der Waals surface area contributed by atoms with E-state index in [1.807, 2.05) is 19.9 Å². The van der Waals surface area contributed by atoms with Crippen molar-refractivity contribution < 1.29 is 22.7 Å². The third-order valence-corrected chi connectivity index (χ3v) is 9.63. The molecule has 1 aliphatic heterocycles. The van der Waals surface area contributed by atoms with Gasteiger partial charge in [0, 0.05) is 28.6 Å². The number of nitrogens with one attached hydrogen (secondary N) is 2. The summed E-state index contributed by atoms with van der Waals surface area (Å²) in [6.07, 6.45) is 0.601. The fraction of sp³-hybridized carbons (Fsp3) is 0.333. The van der Waals surface area contributed by atoms with E-state index in [0.29, 0.717) is 22.7 Å². The van der Waals surface area contributed by atoms with Gasteiger partial charge in [-0.3, -0.25) is 9.10 Å². The molecule has 10 heteroatoms. The molecule has 3 aromatic rings. The van der Waals surface area contributed by atoms with Gasteiger partial charge in [-0.1, -0.05) is 18.2 Å². The fourth-order valence-corrected chi connectivity index (χ4v) is 7.28. The molecule has 0 unspecified atom stereocenters. The summed E-state index contributed by atoms with van der Waals surface area (Å²) in [4.78, 5) is 27.0. The van der Waals surface area contributed by atoms with Crippen molar-refractivity contribution in [2.24, 2.45) is 0 Å². The van der Waals surface area contributed by atoms with Gasteiger partial charge in [0.1, 0.15) is 5.00 Å². The minimum absolute atomic E-state index is 0.0623. The van der Waals surface area contributed by atoms with Crippen LogP contribution in [0.1, 0.15) is 58.9 Å². The molecule has 37 heavy (non-hydrogen) atoms. The van der Waals surface area contributed by atoms with Crippen LogP contribution >= 0.6 is 11.3 Å². The Kier molecular flexibility index (Phi) is 6.96. The number of benzene rings is 2. The molecule has 196 valence electrons. The summed E-state index contributed by atoms with van der Waals surface area (Å²) in [6, 6.07) is 14.5. The first-order valence-electron chi connectivity index (χ1n) is 11.8. The van der Waals surface area contributed by atoms with Gasteiger partial charge in [-0.15, -0.1) is 11.3 Å². The predicted molar refractivity (Wildman–Crippen MR) is 146 cm³/mol. The zero-order chi connectivity index (χ0) is 27.2. The lowest BCUT2D eigenvalue weighted by Gasteiger charge is -2.42. The lowest BCUT2D eigenvalue weighted by Crippen LogP contribution is -2.55. The number of amides is 1. The zero-order valence-electron chi connectivity index (χ0n) is 21.7. The van der Waals surface area contributed by atoms with E-state index in [4.69, 9.17) is 4.74 Å². The van der Waals surface area contributed by atoms with Crippen molar-refractivity contribution in [3.63, 3.8) is 0 Å². The monoisotopic (exact) mass is 541 g/mol. The van der Waals surface area contributed by atoms with Gasteiger partial charge in [-0.2, -0.15) is 0 Å². The van der Waals surface area contributed by atoms with Crippen LogP contribution in [0.5, 0.6) is 0 Å². The summed E-state index contributed by atoms with van der Waals surface area (Å²) in [7, 11) is -1.00. The molecule has 1 amide bonds. The summed E-state index contributed by atoms with van der Waals surface area (Å²) in [5.41, 5.74) is 1.36. The molecule has 4 rings (SSSR count). The Morgan fingerprint density at radius 2 is 1.65 bits per heavy atom. The predicted octanol–water partition coefficient (Wildman–Crippen LogP) is 4.77. The second-order valence-electron chi connectivity index (χ2n) is 10.2. The average Bonchev–Trinajstić information content (AvgIpc) is 3.20. The van der Waals surface area contributed by atoms with Crippen LogP contribution in [0.25, 0.3) is 0 Å². The third kappa shape index (κ3) is 5.14. The highest BCUT2D eigenvalue weighted by Crippen LogP contribution is 2.45. The van der Waals surface area contributed by atoms with Crippen LogP contribution in [0.4, 0.5) is 10.7 Å². The summed E-state index contributed by atoms with van der Waals surface area (Å²) in [5.74, 6) is -0.958. The molecule has 0 aliphatic carbocycles. The van der Waals surface area contributed by atoms with Crippen LogP contribution < -0.4 is 14.9 Å². The fourth-order valence-electron chi connectivity index (χ4n) is 4.82. The molecular weight excluding hydrogens is 510 g/mol. The topological polar surface area (TPSA) is 105 Å². The first kappa shape index (κ1) is 26.8. The molecule has 0 bridgehead atoms. The van der Waals surface area contributed by atoms with E-state index >= 15 is 0 Å². The zero-order valence-corrected chi connectivity index (χ0v) is 23.3. The number of sulfonamides is 1. The van der Waals surface area contributed by atoms with Gasteiger partial charge in [-0.05, 0) is 76.1 Å². The first-order valence-corrected chi connectivity index (χ1v) is 14.0. The number of fused-ring (bicyclic) bond motifs is 1. The molecule has 0 atom stereocenters. The van der Waals surface area contributed by atoms with Gasteiger partial charge < -0.3 is 15.4 Å². The molecule has 2 heterocycles. The maximum Gasteiger partial charge on any atom is 0.341 e. The SMILES string of the molecule is COC(=O)c1c(NC(=O)c2ccc(S(=O)(=O)N(C)c3ccccc3)cc2)sc2c1CC(C)(C)NC2(C)C. The van der Waals surface area contributed by atoms with Crippen molar-refractivity contribution in [1.82, 2.24) is 5.32 Å². The highest BCUT2D eigenvalue weighted by atomic mass is 32.2. The van der Waals surface area contributed by atoms with Gasteiger partial charge in [0.15, 0.2) is 0 Å². The molecule has 0 radical (unpaired) electrons. The van der Waals surface area contributed by atoms with Gasteiger partial charge in [-0.25, -0.2) is 13.2 Å². The lowest BCUT2D eigenvalue weighted by molar-refractivity contribution is 0.0600. The molecular formula is C27H31N3O5S2. The highest BCUT2D eigenvalue weighted by molar-refractivity contribution is 7.92. The third-order valence-electron chi connectivity index (χ3n) is 6.36. The minimum atomic E-state index is -3.81. The van der Waals surface area contributed by atoms with Gasteiger partial charge in [0.2, 0.25) is 0 Å². The van der Waals surface area contributed by atoms with Crippen molar-refractivity contribution in [1.29, 1.82) is 0 Å². The smallest absolute Gasteiger partial charge is 0.341 e. The Labute approximate surface area is 221 Å². The van der Waals surface area contributed by atoms with Crippen molar-refractivity contribution >= 4 is 43.9 Å². The number of ether oxygens (including phenoxy) is 1. The van der Waals surface area contributed by atoms with Crippen LogP contribution in [-0.2, 0) is 26.7 Å². The molecule has 0 saturated heterocycles. The summed E-state index contributed by atoms with van der Waals surface area (Å²) in [5, 5.41) is 6.87. The molecule has 1 aromatic heterocycles. The number of anilines is 2. The Bertz CT molecular complexity index is 1440. The van der Waals surface area contributed by atoms with Crippen LogP contribution in [-0.4, -0.2) is 40.0 Å². The molecule has 1 aliphatic rings. The Balaban J connectivity index is 1.63. The number of para-hydroxylation sites is 1. The lowest BCUT2D eigenvalue weighted by atomic mass is 9.81. The number of rotatable bonds is 6. The second-order valence-corrected chi connectivity index (χ2v) is 13.2. The van der Waals surface area contributed by atoms with Crippen LogP contribution in [0.2, 0.25) is 0 Å². The van der Waals surface area contributed by atoms with Crippen molar-refractivity contribution in [3.8, 4) is 0 Å². The molecule has 2 N–H and O–H groups in total. The largest absolute Gasteiger partial charge is 0.465 e. The summed E-state index contributed by atoms with van der Waals surface area (Å²) < 4.78 is 32.4. The quantitative estimate of drug-likeness (QED) is 0.436. The number of thiophene rings is 1. The maximum absolute atomic E-state index is 13.2. The van der Waals surface area contributed by atoms with Crippen molar-refractivity contribution in [3.05, 3.63) is 76.2 Å². The maximum atomic E-state index is 13.2. The van der Waals surface area contributed by atoms with E-state index in [-0.39, 0.29) is 16.0 Å². The average molecular weight is 542 g/mol. The van der Waals surface area contributed by atoms with E-state index in [0.717, 1.165) is 10.4 Å². The number of nitrogens with zero attached hydrogens (tertiary/aromatic N) is 1. The van der Waals surface area contributed by atoms with E-state index in [1.54, 1.807) is 24.3 Å². The van der Waals surface area contributed by atoms with Crippen LogP contribution in [0.15, 0.2) is 59.5 Å². The standard InChI is InChI=1S/C27H31N3O5S2/c1-26(2)16-20-21(25(32)35-6)24(36-22(20)27(3,4)29-26)28-23(31)17-12-14-19(15-13-17)37(33,34)30(5)18-10-8-7-9-11-18/h7-15,29H,16H2,1-6H3,(H,28,31). The van der Waals surface area contributed by atoms with Gasteiger partial charge in [0.05, 0.1) is 23.3 Å². The Morgan fingerprint density at radius 1 is 1.03 bits per heavy atom. The number of hydrogen-bond acceptors (Lipinski definition) is 7. The van der Waals surface area contributed by atoms with Crippen molar-refractivity contribution in [2.45, 2.75) is 50.1 Å². The van der Waals surface area contributed by atoms with E-state index < -0.39 is 27.4 Å². The Morgan fingerprint density at radius 3 is 2.24 bits per heavy atom. The van der Waals surface area contributed by atoms with E-state index in [1.165, 1.54) is 54.1 Å². The summed E-state index contributed by atoms with van der Waals surface area (Å²) >= 11 is 1.35. The van der Waals surface area contributed by atoms with Gasteiger partial charge in [0.25, 0.3) is 15.9 Å². The Hall–Kier alpha value is -3.21. The molecule has 8 nitrogen and oxygen atoms in total. The number of hydrogen-bond donors (Lipinski definition) is 2. The van der Waals surface area contributed by atoms with Crippen LogP contribution in [0, 0.1) is 0 Å². The number of methoxy groups -OCH3 is 1. The number of carbonyl (C=O) groups excluding carboxylic acids is 2. The van der Waals surface area contributed by atoms with Gasteiger partial charge >= 0.3 is 5.97 Å². The highest BCUT2D eigenvalue weighted by Gasteiger charge is 2.42. The molecule has 0 saturated carbocycles. The minimum Gasteiger partial charge on any atom is -0.465 e. The molecule has 0 fully saturated rings. The van der Waals surface area contributed by atoms with E-state index in [2.05, 4.69) is 24.5 Å². The summed E-state index contributed by atoms with van der Waals surface area (Å²) in [6.45, 7) is 8.22. The number of esters is 1. The molecule has 0 spiro atoms. The normalized spacial score (nSPS) is 15.9. The second kappa shape index (κ2) is 9.59.